The second kappa shape index (κ2) is 9.04. The monoisotopic (exact) mass is 286 g/mol. The molecule has 114 valence electrons. The molecule has 4 atom stereocenters. The summed E-state index contributed by atoms with van der Waals surface area (Å²) < 4.78 is 32.5. The highest BCUT2D eigenvalue weighted by Crippen LogP contribution is 2.46. The third kappa shape index (κ3) is 5.18. The molecule has 0 radical (unpaired) electrons. The van der Waals surface area contributed by atoms with E-state index in [1.54, 1.807) is 6.08 Å². The molecule has 0 aromatic rings. The predicted molar refractivity (Wildman–Crippen MR) is 78.1 cm³/mol. The predicted octanol–water partition coefficient (Wildman–Crippen LogP) is 6.27. The van der Waals surface area contributed by atoms with Gasteiger partial charge in [0.25, 0.3) is 0 Å². The van der Waals surface area contributed by atoms with Gasteiger partial charge in [0.05, 0.1) is 6.33 Å². The van der Waals surface area contributed by atoms with E-state index < -0.39 is 0 Å². The number of halogens is 3. The summed E-state index contributed by atoms with van der Waals surface area (Å²) >= 11 is 0. The number of hydrogen-bond donors (Lipinski definition) is 0. The van der Waals surface area contributed by atoms with Gasteiger partial charge >= 0.3 is 0 Å². The first-order valence-electron chi connectivity index (χ1n) is 7.43. The van der Waals surface area contributed by atoms with Gasteiger partial charge in [0.1, 0.15) is 12.7 Å². The zero-order valence-corrected chi connectivity index (χ0v) is 12.2. The molecule has 0 saturated heterocycles. The minimum atomic E-state index is -0.167. The van der Waals surface area contributed by atoms with Gasteiger partial charge in [0.2, 0.25) is 0 Å². The van der Waals surface area contributed by atoms with E-state index in [1.807, 2.05) is 0 Å². The van der Waals surface area contributed by atoms with Gasteiger partial charge < -0.3 is 0 Å². The molecule has 2 rings (SSSR count). The molecular formula is C17H25F3. The quantitative estimate of drug-likeness (QED) is 0.524. The average Bonchev–Trinajstić information content (AvgIpc) is 2.47. The second-order valence-corrected chi connectivity index (χ2v) is 6.07. The van der Waals surface area contributed by atoms with Crippen LogP contribution in [-0.2, 0) is 0 Å². The number of rotatable bonds is 2. The molecule has 0 aromatic heterocycles. The van der Waals surface area contributed by atoms with E-state index in [0.29, 0.717) is 12.2 Å². The van der Waals surface area contributed by atoms with Gasteiger partial charge in [0.15, 0.2) is 0 Å². The molecule has 2 fully saturated rings. The lowest BCUT2D eigenvalue weighted by atomic mass is 9.64. The zero-order valence-electron chi connectivity index (χ0n) is 12.2. The van der Waals surface area contributed by atoms with Crippen molar-refractivity contribution in [1.29, 1.82) is 0 Å². The molecule has 0 heterocycles. The molecule has 0 bridgehead atoms. The third-order valence-corrected chi connectivity index (χ3v) is 4.72. The lowest BCUT2D eigenvalue weighted by Crippen LogP contribution is -2.30. The Kier molecular flexibility index (Phi) is 7.71. The third-order valence-electron chi connectivity index (χ3n) is 4.72. The molecule has 0 nitrogen and oxygen atoms in total. The average molecular weight is 286 g/mol. The Hall–Kier alpha value is -0.990. The summed E-state index contributed by atoms with van der Waals surface area (Å²) in [6, 6.07) is 0. The number of allylic oxidation sites excluding steroid dienone is 2. The van der Waals surface area contributed by atoms with Crippen LogP contribution in [0.4, 0.5) is 13.2 Å². The number of hydrogen-bond acceptors (Lipinski definition) is 0. The van der Waals surface area contributed by atoms with Crippen LogP contribution in [0.2, 0.25) is 0 Å². The van der Waals surface area contributed by atoms with Crippen LogP contribution < -0.4 is 0 Å². The van der Waals surface area contributed by atoms with E-state index in [0.717, 1.165) is 23.3 Å². The molecule has 0 N–H and O–H groups in total. The van der Waals surface area contributed by atoms with Crippen LogP contribution in [0.3, 0.4) is 0 Å². The van der Waals surface area contributed by atoms with Crippen molar-refractivity contribution in [3.8, 4) is 0 Å². The molecule has 0 aliphatic heterocycles. The highest BCUT2D eigenvalue weighted by Gasteiger charge is 2.34. The number of fused-ring (bicyclic) bond motifs is 1. The van der Waals surface area contributed by atoms with Crippen LogP contribution in [0.25, 0.3) is 0 Å². The smallest absolute Gasteiger partial charge is 0.115 e. The van der Waals surface area contributed by atoms with Crippen LogP contribution in [0.1, 0.15) is 45.4 Å². The molecular weight excluding hydrogens is 261 g/mol. The normalized spacial score (nSPS) is 33.6. The molecule has 3 heteroatoms. The van der Waals surface area contributed by atoms with Crippen molar-refractivity contribution in [3.63, 3.8) is 0 Å². The lowest BCUT2D eigenvalue weighted by molar-refractivity contribution is 0.115. The lowest BCUT2D eigenvalue weighted by Gasteiger charge is -2.41. The largest absolute Gasteiger partial charge is 0.216 e. The first-order chi connectivity index (χ1) is 9.62. The standard InChI is InChI=1S/C15H23F.C2H2F2/c1-11-3-4-15-10-13(12(2)7-8-16)5-6-14(15)9-11;3-1-2-4/h7-8,11,13-15H,2-6,9-10H2,1H3;1-2H/b8-7+;2-1-. The van der Waals surface area contributed by atoms with Crippen LogP contribution in [0, 0.1) is 23.7 Å². The molecule has 0 spiro atoms. The van der Waals surface area contributed by atoms with Gasteiger partial charge in [-0.05, 0) is 67.4 Å². The fraction of sp³-hybridized carbons (Fsp3) is 0.647. The highest BCUT2D eigenvalue weighted by molar-refractivity contribution is 5.17. The SMILES string of the molecule is C=C(/C=C/F)C1CCC2CC(C)CCC2C1.F/C=C\F. The Morgan fingerprint density at radius 2 is 1.50 bits per heavy atom. The van der Waals surface area contributed by atoms with E-state index in [1.165, 1.54) is 38.5 Å². The van der Waals surface area contributed by atoms with Gasteiger partial charge in [-0.15, -0.1) is 0 Å². The Morgan fingerprint density at radius 3 is 2.10 bits per heavy atom. The second-order valence-electron chi connectivity index (χ2n) is 6.07. The first kappa shape index (κ1) is 17.1. The fourth-order valence-electron chi connectivity index (χ4n) is 3.68. The Morgan fingerprint density at radius 1 is 0.900 bits per heavy atom. The Balaban J connectivity index is 0.000000444. The minimum absolute atomic E-state index is 0.167. The van der Waals surface area contributed by atoms with Gasteiger partial charge in [-0.2, -0.15) is 0 Å². The van der Waals surface area contributed by atoms with Crippen LogP contribution in [-0.4, -0.2) is 0 Å². The topological polar surface area (TPSA) is 0 Å². The van der Waals surface area contributed by atoms with Crippen molar-refractivity contribution < 1.29 is 13.2 Å². The van der Waals surface area contributed by atoms with E-state index in [4.69, 9.17) is 0 Å². The van der Waals surface area contributed by atoms with Crippen molar-refractivity contribution in [1.82, 2.24) is 0 Å². The van der Waals surface area contributed by atoms with Gasteiger partial charge in [-0.25, -0.2) is 13.2 Å². The summed E-state index contributed by atoms with van der Waals surface area (Å²) in [6.45, 7) is 6.38. The maximum atomic E-state index is 12.1. The Bertz CT molecular complexity index is 342. The van der Waals surface area contributed by atoms with E-state index in [-0.39, 0.29) is 12.7 Å². The van der Waals surface area contributed by atoms with Crippen molar-refractivity contribution in [3.05, 3.63) is 37.2 Å². The maximum absolute atomic E-state index is 12.1. The summed E-state index contributed by atoms with van der Waals surface area (Å²) in [5, 5.41) is 0. The first-order valence-corrected chi connectivity index (χ1v) is 7.43. The van der Waals surface area contributed by atoms with Crippen LogP contribution >= 0.6 is 0 Å². The molecule has 2 saturated carbocycles. The fourth-order valence-corrected chi connectivity index (χ4v) is 3.68. The highest BCUT2D eigenvalue weighted by atomic mass is 19.2. The Labute approximate surface area is 120 Å². The van der Waals surface area contributed by atoms with E-state index in [2.05, 4.69) is 13.5 Å². The maximum Gasteiger partial charge on any atom is 0.115 e. The summed E-state index contributed by atoms with van der Waals surface area (Å²) in [5.74, 6) is 3.30. The summed E-state index contributed by atoms with van der Waals surface area (Å²) in [7, 11) is 0. The van der Waals surface area contributed by atoms with Crippen molar-refractivity contribution in [2.45, 2.75) is 45.4 Å². The molecule has 4 unspecified atom stereocenters. The van der Waals surface area contributed by atoms with E-state index >= 15 is 0 Å². The van der Waals surface area contributed by atoms with Gasteiger partial charge in [0, 0.05) is 0 Å². The van der Waals surface area contributed by atoms with Crippen molar-refractivity contribution in [2.24, 2.45) is 23.7 Å². The summed E-state index contributed by atoms with van der Waals surface area (Å²) in [5.41, 5.74) is 1.000. The molecule has 0 amide bonds. The molecule has 2 aliphatic rings. The van der Waals surface area contributed by atoms with Crippen LogP contribution in [0.5, 0.6) is 0 Å². The van der Waals surface area contributed by atoms with E-state index in [9.17, 15) is 13.2 Å². The minimum Gasteiger partial charge on any atom is -0.216 e. The molecule has 20 heavy (non-hydrogen) atoms. The molecule has 0 aromatic carbocycles. The summed E-state index contributed by atoms with van der Waals surface area (Å²) in [4.78, 5) is 0. The van der Waals surface area contributed by atoms with Crippen molar-refractivity contribution >= 4 is 0 Å². The molecule has 2 aliphatic carbocycles. The van der Waals surface area contributed by atoms with Gasteiger partial charge in [-0.1, -0.05) is 19.9 Å². The van der Waals surface area contributed by atoms with Crippen molar-refractivity contribution in [2.75, 3.05) is 0 Å². The zero-order chi connectivity index (χ0) is 15.0. The van der Waals surface area contributed by atoms with Gasteiger partial charge in [-0.3, -0.25) is 0 Å². The summed E-state index contributed by atoms with van der Waals surface area (Å²) in [6.07, 6.45) is 9.85. The van der Waals surface area contributed by atoms with Crippen LogP contribution in [0.15, 0.2) is 37.2 Å².